The molecule has 6 nitrogen and oxygen atoms in total. The standard InChI is InChI=1S/C14H28N4O2/c1-3-7-16-14(20)17-13(19)11-18(9-4-2)10-12-6-5-8-15-12/h12,15H,3-11H2,1-2H3,(H2,16,17,19,20). The van der Waals surface area contributed by atoms with E-state index in [1.807, 2.05) is 6.92 Å². The minimum atomic E-state index is -0.396. The van der Waals surface area contributed by atoms with Crippen LogP contribution in [0.25, 0.3) is 0 Å². The SMILES string of the molecule is CCCNC(=O)NC(=O)CN(CCC)CC1CCCN1. The van der Waals surface area contributed by atoms with Crippen molar-refractivity contribution in [2.24, 2.45) is 0 Å². The van der Waals surface area contributed by atoms with Gasteiger partial charge in [0.2, 0.25) is 5.91 Å². The van der Waals surface area contributed by atoms with E-state index in [1.165, 1.54) is 12.8 Å². The van der Waals surface area contributed by atoms with Gasteiger partial charge in [0.05, 0.1) is 6.54 Å². The van der Waals surface area contributed by atoms with Crippen LogP contribution >= 0.6 is 0 Å². The molecular formula is C14H28N4O2. The number of rotatable bonds is 8. The first-order chi connectivity index (χ1) is 9.65. The fraction of sp³-hybridized carbons (Fsp3) is 0.857. The molecular weight excluding hydrogens is 256 g/mol. The highest BCUT2D eigenvalue weighted by molar-refractivity contribution is 5.95. The van der Waals surface area contributed by atoms with Gasteiger partial charge in [-0.05, 0) is 38.8 Å². The summed E-state index contributed by atoms with van der Waals surface area (Å²) in [4.78, 5) is 25.4. The number of amides is 3. The molecule has 1 aliphatic heterocycles. The van der Waals surface area contributed by atoms with E-state index in [0.717, 1.165) is 32.5 Å². The summed E-state index contributed by atoms with van der Waals surface area (Å²) in [6.45, 7) is 7.76. The fourth-order valence-corrected chi connectivity index (χ4v) is 2.43. The number of nitrogens with one attached hydrogen (secondary N) is 3. The van der Waals surface area contributed by atoms with Gasteiger partial charge in [0.25, 0.3) is 0 Å². The second kappa shape index (κ2) is 9.72. The van der Waals surface area contributed by atoms with Gasteiger partial charge in [-0.3, -0.25) is 15.0 Å². The molecule has 1 unspecified atom stereocenters. The van der Waals surface area contributed by atoms with E-state index in [2.05, 4.69) is 27.8 Å². The highest BCUT2D eigenvalue weighted by Crippen LogP contribution is 2.07. The maximum Gasteiger partial charge on any atom is 0.321 e. The first kappa shape index (κ1) is 16.9. The predicted molar refractivity (Wildman–Crippen MR) is 79.6 cm³/mol. The molecule has 3 amide bonds. The van der Waals surface area contributed by atoms with Crippen molar-refractivity contribution in [3.63, 3.8) is 0 Å². The highest BCUT2D eigenvalue weighted by atomic mass is 16.2. The summed E-state index contributed by atoms with van der Waals surface area (Å²) in [5.41, 5.74) is 0. The molecule has 6 heteroatoms. The number of imide groups is 1. The van der Waals surface area contributed by atoms with Gasteiger partial charge >= 0.3 is 6.03 Å². The largest absolute Gasteiger partial charge is 0.338 e. The Morgan fingerprint density at radius 1 is 1.30 bits per heavy atom. The van der Waals surface area contributed by atoms with Crippen LogP contribution in [-0.2, 0) is 4.79 Å². The number of nitrogens with zero attached hydrogens (tertiary/aromatic N) is 1. The number of carbonyl (C=O) groups is 2. The first-order valence-corrected chi connectivity index (χ1v) is 7.69. The second-order valence-electron chi connectivity index (χ2n) is 5.33. The third-order valence-corrected chi connectivity index (χ3v) is 3.34. The van der Waals surface area contributed by atoms with E-state index in [9.17, 15) is 9.59 Å². The van der Waals surface area contributed by atoms with Gasteiger partial charge in [-0.2, -0.15) is 0 Å². The molecule has 0 radical (unpaired) electrons. The van der Waals surface area contributed by atoms with Crippen molar-refractivity contribution in [2.75, 3.05) is 32.7 Å². The average molecular weight is 284 g/mol. The van der Waals surface area contributed by atoms with Gasteiger partial charge in [0, 0.05) is 19.1 Å². The number of carbonyl (C=O) groups excluding carboxylic acids is 2. The van der Waals surface area contributed by atoms with E-state index in [-0.39, 0.29) is 12.5 Å². The normalized spacial score (nSPS) is 18.2. The van der Waals surface area contributed by atoms with Crippen molar-refractivity contribution >= 4 is 11.9 Å². The maximum atomic E-state index is 11.8. The third kappa shape index (κ3) is 6.86. The van der Waals surface area contributed by atoms with Gasteiger partial charge in [0.15, 0.2) is 0 Å². The lowest BCUT2D eigenvalue weighted by atomic mass is 10.2. The molecule has 20 heavy (non-hydrogen) atoms. The molecule has 1 aliphatic rings. The minimum absolute atomic E-state index is 0.231. The summed E-state index contributed by atoms with van der Waals surface area (Å²) in [6, 6.07) is 0.0792. The minimum Gasteiger partial charge on any atom is -0.338 e. The molecule has 0 aromatic heterocycles. The summed E-state index contributed by atoms with van der Waals surface area (Å²) >= 11 is 0. The van der Waals surface area contributed by atoms with E-state index in [4.69, 9.17) is 0 Å². The summed E-state index contributed by atoms with van der Waals surface area (Å²) in [6.07, 6.45) is 4.23. The Morgan fingerprint density at radius 3 is 2.70 bits per heavy atom. The van der Waals surface area contributed by atoms with Crippen LogP contribution in [0.15, 0.2) is 0 Å². The van der Waals surface area contributed by atoms with Crippen molar-refractivity contribution in [1.82, 2.24) is 20.9 Å². The molecule has 3 N–H and O–H groups in total. The molecule has 0 bridgehead atoms. The molecule has 0 aliphatic carbocycles. The van der Waals surface area contributed by atoms with Crippen LogP contribution in [0.1, 0.15) is 39.5 Å². The molecule has 1 fully saturated rings. The fourth-order valence-electron chi connectivity index (χ4n) is 2.43. The van der Waals surface area contributed by atoms with Crippen LogP contribution in [-0.4, -0.2) is 55.6 Å². The van der Waals surface area contributed by atoms with Crippen molar-refractivity contribution < 1.29 is 9.59 Å². The topological polar surface area (TPSA) is 73.5 Å². The van der Waals surface area contributed by atoms with E-state index in [0.29, 0.717) is 12.6 Å². The molecule has 0 aromatic carbocycles. The average Bonchev–Trinajstić information content (AvgIpc) is 2.89. The van der Waals surface area contributed by atoms with Crippen LogP contribution in [0.5, 0.6) is 0 Å². The summed E-state index contributed by atoms with van der Waals surface area (Å²) in [7, 11) is 0. The van der Waals surface area contributed by atoms with Gasteiger partial charge < -0.3 is 10.6 Å². The van der Waals surface area contributed by atoms with Crippen molar-refractivity contribution in [1.29, 1.82) is 0 Å². The van der Waals surface area contributed by atoms with Crippen molar-refractivity contribution in [3.8, 4) is 0 Å². The smallest absolute Gasteiger partial charge is 0.321 e. The van der Waals surface area contributed by atoms with Crippen LogP contribution in [0.2, 0.25) is 0 Å². The monoisotopic (exact) mass is 284 g/mol. The molecule has 1 saturated heterocycles. The van der Waals surface area contributed by atoms with E-state index >= 15 is 0 Å². The third-order valence-electron chi connectivity index (χ3n) is 3.34. The summed E-state index contributed by atoms with van der Waals surface area (Å²) < 4.78 is 0. The lowest BCUT2D eigenvalue weighted by Gasteiger charge is -2.24. The number of hydrogen-bond acceptors (Lipinski definition) is 4. The lowest BCUT2D eigenvalue weighted by molar-refractivity contribution is -0.121. The zero-order valence-corrected chi connectivity index (χ0v) is 12.7. The predicted octanol–water partition coefficient (Wildman–Crippen LogP) is 0.686. The Kier molecular flexibility index (Phi) is 8.22. The molecule has 0 aromatic rings. The molecule has 116 valence electrons. The second-order valence-corrected chi connectivity index (χ2v) is 5.33. The van der Waals surface area contributed by atoms with Crippen molar-refractivity contribution in [2.45, 2.75) is 45.6 Å². The Hall–Kier alpha value is -1.14. The number of urea groups is 1. The zero-order valence-electron chi connectivity index (χ0n) is 12.7. The van der Waals surface area contributed by atoms with Crippen LogP contribution < -0.4 is 16.0 Å². The van der Waals surface area contributed by atoms with Crippen molar-refractivity contribution in [3.05, 3.63) is 0 Å². The van der Waals surface area contributed by atoms with Crippen LogP contribution in [0.3, 0.4) is 0 Å². The zero-order chi connectivity index (χ0) is 14.8. The maximum absolute atomic E-state index is 11.8. The molecule has 1 atom stereocenters. The molecule has 1 heterocycles. The lowest BCUT2D eigenvalue weighted by Crippen LogP contribution is -2.47. The van der Waals surface area contributed by atoms with Crippen LogP contribution in [0, 0.1) is 0 Å². The van der Waals surface area contributed by atoms with Gasteiger partial charge in [-0.15, -0.1) is 0 Å². The summed E-state index contributed by atoms with van der Waals surface area (Å²) in [5, 5.41) is 8.45. The van der Waals surface area contributed by atoms with Gasteiger partial charge in [0.1, 0.15) is 0 Å². The Bertz CT molecular complexity index is 304. The highest BCUT2D eigenvalue weighted by Gasteiger charge is 2.19. The van der Waals surface area contributed by atoms with Gasteiger partial charge in [-0.25, -0.2) is 4.79 Å². The van der Waals surface area contributed by atoms with E-state index in [1.54, 1.807) is 0 Å². The quantitative estimate of drug-likeness (QED) is 0.613. The van der Waals surface area contributed by atoms with E-state index < -0.39 is 6.03 Å². The summed E-state index contributed by atoms with van der Waals surface area (Å²) in [5.74, 6) is -0.231. The number of hydrogen-bond donors (Lipinski definition) is 3. The first-order valence-electron chi connectivity index (χ1n) is 7.69. The van der Waals surface area contributed by atoms with Gasteiger partial charge in [-0.1, -0.05) is 13.8 Å². The molecule has 0 saturated carbocycles. The Labute approximate surface area is 121 Å². The Morgan fingerprint density at radius 2 is 2.10 bits per heavy atom. The van der Waals surface area contributed by atoms with Crippen LogP contribution in [0.4, 0.5) is 4.79 Å². The molecule has 1 rings (SSSR count). The Balaban J connectivity index is 2.31. The molecule has 0 spiro atoms.